The van der Waals surface area contributed by atoms with E-state index in [1.165, 1.54) is 12.1 Å². The van der Waals surface area contributed by atoms with E-state index in [1.54, 1.807) is 55.3 Å². The number of hydrogen-bond donors (Lipinski definition) is 1. The van der Waals surface area contributed by atoms with E-state index in [9.17, 15) is 14.3 Å². The molecular weight excluding hydrogens is 321 g/mol. The van der Waals surface area contributed by atoms with Crippen LogP contribution in [0, 0.1) is 5.82 Å². The van der Waals surface area contributed by atoms with Crippen LogP contribution in [0.25, 0.3) is 0 Å². The molecule has 0 aromatic heterocycles. The third-order valence-corrected chi connectivity index (χ3v) is 4.94. The Kier molecular flexibility index (Phi) is 4.77. The van der Waals surface area contributed by atoms with E-state index in [0.29, 0.717) is 24.3 Å². The second-order valence-corrected chi connectivity index (χ2v) is 6.51. The van der Waals surface area contributed by atoms with Crippen molar-refractivity contribution in [3.8, 4) is 5.75 Å². The minimum Gasteiger partial charge on any atom is -0.497 e. The van der Waals surface area contributed by atoms with Crippen molar-refractivity contribution in [1.29, 1.82) is 0 Å². The maximum atomic E-state index is 14.0. The highest BCUT2D eigenvalue weighted by Crippen LogP contribution is 2.36. The van der Waals surface area contributed by atoms with E-state index >= 15 is 0 Å². The number of amides is 1. The van der Waals surface area contributed by atoms with Gasteiger partial charge >= 0.3 is 0 Å². The van der Waals surface area contributed by atoms with Gasteiger partial charge in [0.15, 0.2) is 0 Å². The van der Waals surface area contributed by atoms with E-state index in [0.717, 1.165) is 6.42 Å². The van der Waals surface area contributed by atoms with Crippen molar-refractivity contribution in [2.24, 2.45) is 0 Å². The summed E-state index contributed by atoms with van der Waals surface area (Å²) < 4.78 is 19.1. The molecule has 0 unspecified atom stereocenters. The van der Waals surface area contributed by atoms with Crippen LogP contribution in [0.2, 0.25) is 0 Å². The van der Waals surface area contributed by atoms with Crippen LogP contribution in [0.5, 0.6) is 5.75 Å². The summed E-state index contributed by atoms with van der Waals surface area (Å²) in [6, 6.07) is 12.7. The summed E-state index contributed by atoms with van der Waals surface area (Å²) in [4.78, 5) is 14.4. The average Bonchev–Trinajstić information content (AvgIpc) is 3.12. The monoisotopic (exact) mass is 343 g/mol. The normalized spacial score (nSPS) is 19.5. The molecule has 3 rings (SSSR count). The molecule has 0 bridgehead atoms. The Labute approximate surface area is 146 Å². The van der Waals surface area contributed by atoms with Crippen LogP contribution in [0.15, 0.2) is 48.5 Å². The number of halogens is 1. The Morgan fingerprint density at radius 1 is 1.24 bits per heavy atom. The minimum absolute atomic E-state index is 0.0416. The zero-order valence-corrected chi connectivity index (χ0v) is 14.4. The van der Waals surface area contributed by atoms with Gasteiger partial charge in [-0.3, -0.25) is 4.79 Å². The lowest BCUT2D eigenvalue weighted by atomic mass is 9.86. The van der Waals surface area contributed by atoms with Crippen molar-refractivity contribution in [2.75, 3.05) is 13.7 Å². The number of carbonyl (C=O) groups excluding carboxylic acids is 1. The van der Waals surface area contributed by atoms with Crippen molar-refractivity contribution in [1.82, 2.24) is 4.90 Å². The first-order valence-electron chi connectivity index (χ1n) is 8.37. The summed E-state index contributed by atoms with van der Waals surface area (Å²) in [6.07, 6.45) is 1.44. The number of rotatable bonds is 4. The fourth-order valence-corrected chi connectivity index (χ4v) is 3.50. The molecular formula is C20H22FNO3. The summed E-state index contributed by atoms with van der Waals surface area (Å²) in [5, 5.41) is 11.2. The van der Waals surface area contributed by atoms with Crippen LogP contribution in [0.4, 0.5) is 4.39 Å². The zero-order valence-electron chi connectivity index (χ0n) is 14.4. The fraction of sp³-hybridized carbons (Fsp3) is 0.350. The van der Waals surface area contributed by atoms with E-state index < -0.39 is 17.5 Å². The second kappa shape index (κ2) is 6.84. The van der Waals surface area contributed by atoms with Gasteiger partial charge in [0.2, 0.25) is 0 Å². The fourth-order valence-electron chi connectivity index (χ4n) is 3.50. The first-order chi connectivity index (χ1) is 11.9. The van der Waals surface area contributed by atoms with E-state index in [-0.39, 0.29) is 11.5 Å². The molecule has 1 saturated heterocycles. The number of carbonyl (C=O) groups is 1. The van der Waals surface area contributed by atoms with Gasteiger partial charge in [-0.2, -0.15) is 0 Å². The molecule has 1 heterocycles. The van der Waals surface area contributed by atoms with Crippen molar-refractivity contribution in [3.63, 3.8) is 0 Å². The molecule has 0 saturated carbocycles. The van der Waals surface area contributed by atoms with Crippen molar-refractivity contribution >= 4 is 5.91 Å². The Balaban J connectivity index is 1.89. The molecule has 5 heteroatoms. The lowest BCUT2D eigenvalue weighted by Crippen LogP contribution is -2.48. The predicted molar refractivity (Wildman–Crippen MR) is 93.0 cm³/mol. The first-order valence-corrected chi connectivity index (χ1v) is 8.37. The largest absolute Gasteiger partial charge is 0.497 e. The molecule has 1 amide bonds. The van der Waals surface area contributed by atoms with Crippen molar-refractivity contribution < 1.29 is 19.0 Å². The Morgan fingerprint density at radius 2 is 1.92 bits per heavy atom. The molecule has 132 valence electrons. The molecule has 0 spiro atoms. The molecule has 2 atom stereocenters. The van der Waals surface area contributed by atoms with Crippen LogP contribution in [0.3, 0.4) is 0 Å². The SMILES string of the molecule is COc1ccc([C@@](C)(O)[C@@H]2CCCN2C(=O)c2ccccc2F)cc1. The molecule has 0 aliphatic carbocycles. The maximum absolute atomic E-state index is 14.0. The molecule has 0 radical (unpaired) electrons. The summed E-state index contributed by atoms with van der Waals surface area (Å²) in [5.74, 6) is -0.220. The Hall–Kier alpha value is -2.40. The van der Waals surface area contributed by atoms with Gasteiger partial charge in [0, 0.05) is 6.54 Å². The summed E-state index contributed by atoms with van der Waals surface area (Å²) in [5.41, 5.74) is -0.490. The Morgan fingerprint density at radius 3 is 2.56 bits per heavy atom. The standard InChI is InChI=1S/C20H22FNO3/c1-20(24,14-9-11-15(25-2)12-10-14)18-8-5-13-22(18)19(23)16-6-3-4-7-17(16)21/h3-4,6-7,9-12,18,24H,5,8,13H2,1-2H3/t18-,20+/m0/s1. The Bertz CT molecular complexity index is 758. The van der Waals surface area contributed by atoms with Crippen LogP contribution >= 0.6 is 0 Å². The minimum atomic E-state index is -1.23. The summed E-state index contributed by atoms with van der Waals surface area (Å²) in [7, 11) is 1.58. The van der Waals surface area contributed by atoms with Gasteiger partial charge in [-0.1, -0.05) is 24.3 Å². The second-order valence-electron chi connectivity index (χ2n) is 6.51. The molecule has 1 fully saturated rings. The van der Waals surface area contributed by atoms with Crippen LogP contribution in [-0.2, 0) is 5.60 Å². The van der Waals surface area contributed by atoms with Gasteiger partial charge in [-0.25, -0.2) is 4.39 Å². The quantitative estimate of drug-likeness (QED) is 0.926. The predicted octanol–water partition coefficient (Wildman–Crippen LogP) is 3.35. The van der Waals surface area contributed by atoms with Crippen LogP contribution < -0.4 is 4.74 Å². The number of benzene rings is 2. The van der Waals surface area contributed by atoms with Gasteiger partial charge in [0.1, 0.15) is 17.2 Å². The smallest absolute Gasteiger partial charge is 0.257 e. The number of likely N-dealkylation sites (tertiary alicyclic amines) is 1. The van der Waals surface area contributed by atoms with Crippen molar-refractivity contribution in [2.45, 2.75) is 31.4 Å². The van der Waals surface area contributed by atoms with Gasteiger partial charge in [-0.05, 0) is 49.6 Å². The van der Waals surface area contributed by atoms with Gasteiger partial charge in [-0.15, -0.1) is 0 Å². The topological polar surface area (TPSA) is 49.8 Å². The number of methoxy groups -OCH3 is 1. The maximum Gasteiger partial charge on any atom is 0.257 e. The van der Waals surface area contributed by atoms with Crippen LogP contribution in [-0.4, -0.2) is 35.6 Å². The number of nitrogens with zero attached hydrogens (tertiary/aromatic N) is 1. The lowest BCUT2D eigenvalue weighted by molar-refractivity contribution is -0.0178. The molecule has 25 heavy (non-hydrogen) atoms. The number of ether oxygens (including phenoxy) is 1. The third-order valence-electron chi connectivity index (χ3n) is 4.94. The van der Waals surface area contributed by atoms with E-state index in [4.69, 9.17) is 4.74 Å². The zero-order chi connectivity index (χ0) is 18.0. The van der Waals surface area contributed by atoms with Crippen molar-refractivity contribution in [3.05, 3.63) is 65.5 Å². The molecule has 2 aromatic rings. The molecule has 1 aliphatic heterocycles. The van der Waals surface area contributed by atoms with Crippen LogP contribution in [0.1, 0.15) is 35.7 Å². The molecule has 4 nitrogen and oxygen atoms in total. The van der Waals surface area contributed by atoms with E-state index in [1.807, 2.05) is 0 Å². The highest BCUT2D eigenvalue weighted by molar-refractivity contribution is 5.95. The molecule has 2 aromatic carbocycles. The van der Waals surface area contributed by atoms with Gasteiger partial charge in [0.05, 0.1) is 18.7 Å². The average molecular weight is 343 g/mol. The summed E-state index contributed by atoms with van der Waals surface area (Å²) in [6.45, 7) is 2.20. The highest BCUT2D eigenvalue weighted by atomic mass is 19.1. The molecule has 1 aliphatic rings. The van der Waals surface area contributed by atoms with E-state index in [2.05, 4.69) is 0 Å². The summed E-state index contributed by atoms with van der Waals surface area (Å²) >= 11 is 0. The number of aliphatic hydroxyl groups is 1. The lowest BCUT2D eigenvalue weighted by Gasteiger charge is -2.37. The number of hydrogen-bond acceptors (Lipinski definition) is 3. The van der Waals surface area contributed by atoms with Gasteiger partial charge in [0.25, 0.3) is 5.91 Å². The third kappa shape index (κ3) is 3.24. The first kappa shape index (κ1) is 17.4. The van der Waals surface area contributed by atoms with Gasteiger partial charge < -0.3 is 14.7 Å². The molecule has 1 N–H and O–H groups in total. The highest BCUT2D eigenvalue weighted by Gasteiger charge is 2.43.